The number of carboxylic acid groups (broad SMARTS) is 1. The lowest BCUT2D eigenvalue weighted by atomic mass is 9.96. The molecular formula is C32H37NO4S. The minimum atomic E-state index is -0.703. The van der Waals surface area contributed by atoms with E-state index in [0.717, 1.165) is 48.4 Å². The van der Waals surface area contributed by atoms with E-state index in [0.29, 0.717) is 6.42 Å². The fraction of sp³-hybridized carbons (Fsp3) is 0.375. The van der Waals surface area contributed by atoms with E-state index in [1.165, 1.54) is 16.7 Å². The van der Waals surface area contributed by atoms with Crippen LogP contribution < -0.4 is 4.74 Å². The molecular weight excluding hydrogens is 494 g/mol. The molecule has 4 rings (SSSR count). The van der Waals surface area contributed by atoms with Crippen LogP contribution in [0.2, 0.25) is 0 Å². The Morgan fingerprint density at radius 1 is 1.11 bits per heavy atom. The van der Waals surface area contributed by atoms with Gasteiger partial charge in [-0.1, -0.05) is 54.6 Å². The first kappa shape index (κ1) is 27.9. The SMILES string of the molecule is COc1ccc(C=Cc2cccc(C(CCc3ccccc3CC(C)O)SCC3(CC(=O)O)CC3)c2)nc1. The largest absolute Gasteiger partial charge is 0.495 e. The highest BCUT2D eigenvalue weighted by atomic mass is 32.2. The minimum Gasteiger partial charge on any atom is -0.495 e. The molecule has 1 fully saturated rings. The molecule has 1 aliphatic carbocycles. The first-order chi connectivity index (χ1) is 18.4. The topological polar surface area (TPSA) is 79.7 Å². The van der Waals surface area contributed by atoms with Gasteiger partial charge in [0, 0.05) is 11.0 Å². The second-order valence-electron chi connectivity index (χ2n) is 10.4. The number of aryl methyl sites for hydroxylation is 1. The van der Waals surface area contributed by atoms with Gasteiger partial charge in [0.25, 0.3) is 0 Å². The summed E-state index contributed by atoms with van der Waals surface area (Å²) in [5, 5.41) is 19.6. The third-order valence-corrected chi connectivity index (χ3v) is 8.80. The number of carbonyl (C=O) groups is 1. The van der Waals surface area contributed by atoms with E-state index in [-0.39, 0.29) is 23.2 Å². The van der Waals surface area contributed by atoms with Crippen LogP contribution in [0.3, 0.4) is 0 Å². The Balaban J connectivity index is 1.52. The first-order valence-corrected chi connectivity index (χ1v) is 14.3. The van der Waals surface area contributed by atoms with Crippen LogP contribution in [0.5, 0.6) is 5.75 Å². The van der Waals surface area contributed by atoms with Gasteiger partial charge in [-0.25, -0.2) is 0 Å². The van der Waals surface area contributed by atoms with Crippen LogP contribution >= 0.6 is 11.8 Å². The number of aromatic nitrogens is 1. The molecule has 5 nitrogen and oxygen atoms in total. The molecule has 6 heteroatoms. The number of benzene rings is 2. The fourth-order valence-electron chi connectivity index (χ4n) is 4.75. The zero-order valence-electron chi connectivity index (χ0n) is 22.2. The Labute approximate surface area is 230 Å². The summed E-state index contributed by atoms with van der Waals surface area (Å²) in [6, 6.07) is 20.8. The van der Waals surface area contributed by atoms with Crippen molar-refractivity contribution in [1.29, 1.82) is 0 Å². The number of hydrogen-bond acceptors (Lipinski definition) is 5. The third kappa shape index (κ3) is 8.20. The highest BCUT2D eigenvalue weighted by molar-refractivity contribution is 7.99. The van der Waals surface area contributed by atoms with Crippen LogP contribution in [0.4, 0.5) is 0 Å². The van der Waals surface area contributed by atoms with Crippen molar-refractivity contribution in [3.8, 4) is 5.75 Å². The summed E-state index contributed by atoms with van der Waals surface area (Å²) in [5.74, 6) is 0.885. The number of thioether (sulfide) groups is 1. The van der Waals surface area contributed by atoms with Gasteiger partial charge in [-0.15, -0.1) is 0 Å². The Bertz CT molecular complexity index is 1230. The van der Waals surface area contributed by atoms with E-state index in [1.807, 2.05) is 43.0 Å². The zero-order valence-corrected chi connectivity index (χ0v) is 23.0. The van der Waals surface area contributed by atoms with Gasteiger partial charge < -0.3 is 14.9 Å². The lowest BCUT2D eigenvalue weighted by Crippen LogP contribution is -2.13. The van der Waals surface area contributed by atoms with Crippen LogP contribution in [0, 0.1) is 5.41 Å². The van der Waals surface area contributed by atoms with Crippen LogP contribution in [0.15, 0.2) is 66.9 Å². The van der Waals surface area contributed by atoms with E-state index < -0.39 is 5.97 Å². The Kier molecular flexibility index (Phi) is 9.64. The Morgan fingerprint density at radius 3 is 2.55 bits per heavy atom. The molecule has 0 bridgehead atoms. The number of nitrogens with zero attached hydrogens (tertiary/aromatic N) is 1. The normalized spacial score (nSPS) is 15.8. The average molecular weight is 532 g/mol. The van der Waals surface area contributed by atoms with Crippen LogP contribution in [0.25, 0.3) is 12.2 Å². The van der Waals surface area contributed by atoms with Gasteiger partial charge in [-0.05, 0) is 84.9 Å². The molecule has 0 saturated heterocycles. The summed E-state index contributed by atoms with van der Waals surface area (Å²) >= 11 is 1.89. The summed E-state index contributed by atoms with van der Waals surface area (Å²) in [4.78, 5) is 15.8. The summed E-state index contributed by atoms with van der Waals surface area (Å²) < 4.78 is 5.19. The fourth-order valence-corrected chi connectivity index (χ4v) is 6.32. The van der Waals surface area contributed by atoms with E-state index in [1.54, 1.807) is 13.3 Å². The maximum Gasteiger partial charge on any atom is 0.303 e. The highest BCUT2D eigenvalue weighted by Crippen LogP contribution is 2.53. The van der Waals surface area contributed by atoms with Crippen LogP contribution in [0.1, 0.15) is 65.8 Å². The van der Waals surface area contributed by atoms with Crippen molar-refractivity contribution in [2.45, 2.75) is 56.8 Å². The molecule has 200 valence electrons. The van der Waals surface area contributed by atoms with Crippen LogP contribution in [-0.2, 0) is 17.6 Å². The molecule has 1 heterocycles. The van der Waals surface area contributed by atoms with Gasteiger partial charge >= 0.3 is 5.97 Å². The van der Waals surface area contributed by atoms with Gasteiger partial charge in [0.05, 0.1) is 31.5 Å². The first-order valence-electron chi connectivity index (χ1n) is 13.2. The number of pyridine rings is 1. The second-order valence-corrected chi connectivity index (χ2v) is 11.5. The van der Waals surface area contributed by atoms with Crippen molar-refractivity contribution in [3.63, 3.8) is 0 Å². The molecule has 2 N–H and O–H groups in total. The number of hydrogen-bond donors (Lipinski definition) is 2. The standard InChI is InChI=1S/C32H37NO4S/c1-23(34)18-26-8-4-3-7-25(26)11-15-30(38-22-32(16-17-32)20-31(35)36)27-9-5-6-24(19-27)10-12-28-13-14-29(37-2)21-33-28/h3-10,12-14,19,21,23,30,34H,11,15-18,20,22H2,1-2H3,(H,35,36). The number of ether oxygens (including phenoxy) is 1. The predicted molar refractivity (Wildman–Crippen MR) is 155 cm³/mol. The predicted octanol–water partition coefficient (Wildman–Crippen LogP) is 6.85. The highest BCUT2D eigenvalue weighted by Gasteiger charge is 2.44. The van der Waals surface area contributed by atoms with Crippen LogP contribution in [-0.4, -0.2) is 40.1 Å². The number of aliphatic hydroxyl groups is 1. The molecule has 0 radical (unpaired) electrons. The molecule has 3 aromatic rings. The summed E-state index contributed by atoms with van der Waals surface area (Å²) in [6.07, 6.45) is 10.1. The zero-order chi connectivity index (χ0) is 27.0. The van der Waals surface area contributed by atoms with Crippen molar-refractivity contribution >= 4 is 29.9 Å². The van der Waals surface area contributed by atoms with Gasteiger partial charge in [-0.3, -0.25) is 9.78 Å². The van der Waals surface area contributed by atoms with E-state index in [2.05, 4.69) is 53.5 Å². The molecule has 38 heavy (non-hydrogen) atoms. The lowest BCUT2D eigenvalue weighted by Gasteiger charge is -2.22. The Hall–Kier alpha value is -3.09. The van der Waals surface area contributed by atoms with Crippen molar-refractivity contribution in [2.24, 2.45) is 5.41 Å². The molecule has 1 aromatic heterocycles. The molecule has 0 amide bonds. The monoisotopic (exact) mass is 531 g/mol. The minimum absolute atomic E-state index is 0.0590. The van der Waals surface area contributed by atoms with Gasteiger partial charge in [0.2, 0.25) is 0 Å². The number of methoxy groups -OCH3 is 1. The molecule has 1 saturated carbocycles. The van der Waals surface area contributed by atoms with E-state index in [9.17, 15) is 15.0 Å². The molecule has 2 unspecified atom stereocenters. The maximum atomic E-state index is 11.4. The number of carboxylic acids is 1. The van der Waals surface area contributed by atoms with Crippen molar-refractivity contribution in [3.05, 3.63) is 94.8 Å². The summed E-state index contributed by atoms with van der Waals surface area (Å²) in [6.45, 7) is 1.83. The maximum absolute atomic E-state index is 11.4. The van der Waals surface area contributed by atoms with Crippen molar-refractivity contribution < 1.29 is 19.7 Å². The summed E-state index contributed by atoms with van der Waals surface area (Å²) in [7, 11) is 1.63. The van der Waals surface area contributed by atoms with Crippen molar-refractivity contribution in [2.75, 3.05) is 12.9 Å². The molecule has 0 spiro atoms. The van der Waals surface area contributed by atoms with Gasteiger partial charge in [0.15, 0.2) is 0 Å². The number of aliphatic carboxylic acids is 1. The molecule has 1 aliphatic rings. The van der Waals surface area contributed by atoms with E-state index >= 15 is 0 Å². The lowest BCUT2D eigenvalue weighted by molar-refractivity contribution is -0.138. The third-order valence-electron chi connectivity index (χ3n) is 7.11. The van der Waals surface area contributed by atoms with Gasteiger partial charge in [0.1, 0.15) is 5.75 Å². The van der Waals surface area contributed by atoms with Crippen molar-refractivity contribution in [1.82, 2.24) is 4.98 Å². The average Bonchev–Trinajstić information content (AvgIpc) is 3.67. The number of aliphatic hydroxyl groups excluding tert-OH is 1. The number of rotatable bonds is 14. The molecule has 2 atom stereocenters. The summed E-state index contributed by atoms with van der Waals surface area (Å²) in [5.41, 5.74) is 5.62. The Morgan fingerprint density at radius 2 is 1.89 bits per heavy atom. The smallest absolute Gasteiger partial charge is 0.303 e. The second kappa shape index (κ2) is 13.1. The van der Waals surface area contributed by atoms with Gasteiger partial charge in [-0.2, -0.15) is 11.8 Å². The quantitative estimate of drug-likeness (QED) is 0.237. The van der Waals surface area contributed by atoms with E-state index in [4.69, 9.17) is 4.74 Å². The molecule has 2 aromatic carbocycles. The molecule has 0 aliphatic heterocycles.